The van der Waals surface area contributed by atoms with Crippen molar-refractivity contribution in [1.29, 1.82) is 0 Å². The number of H-pyrrole nitrogens is 1. The first kappa shape index (κ1) is 23.7. The van der Waals surface area contributed by atoms with E-state index >= 15 is 0 Å². The van der Waals surface area contributed by atoms with Crippen molar-refractivity contribution >= 4 is 17.4 Å². The second-order valence-electron chi connectivity index (χ2n) is 7.78. The van der Waals surface area contributed by atoms with Crippen molar-refractivity contribution in [2.45, 2.75) is 27.0 Å². The Morgan fingerprint density at radius 1 is 1.12 bits per heavy atom. The molecule has 0 fully saturated rings. The Hall–Kier alpha value is -3.95. The van der Waals surface area contributed by atoms with Crippen LogP contribution in [0.3, 0.4) is 0 Å². The van der Waals surface area contributed by atoms with Gasteiger partial charge in [-0.25, -0.2) is 4.79 Å². The van der Waals surface area contributed by atoms with Crippen molar-refractivity contribution in [3.05, 3.63) is 86.6 Å². The van der Waals surface area contributed by atoms with Crippen molar-refractivity contribution < 1.29 is 18.3 Å². The summed E-state index contributed by atoms with van der Waals surface area (Å²) >= 11 is 0. The Balaban J connectivity index is 2.09. The number of aromatic amines is 1. The van der Waals surface area contributed by atoms with Crippen LogP contribution >= 0.6 is 0 Å². The van der Waals surface area contributed by atoms with E-state index in [9.17, 15) is 23.2 Å². The molecular weight excluding hydrogens is 434 g/mol. The highest BCUT2D eigenvalue weighted by Crippen LogP contribution is 2.23. The Morgan fingerprint density at radius 2 is 1.82 bits per heavy atom. The molecule has 0 bridgehead atoms. The summed E-state index contributed by atoms with van der Waals surface area (Å²) in [6.07, 6.45) is 0. The molecule has 1 heterocycles. The summed E-state index contributed by atoms with van der Waals surface area (Å²) in [4.78, 5) is 42.0. The molecule has 0 aliphatic carbocycles. The van der Waals surface area contributed by atoms with E-state index in [4.69, 9.17) is 5.73 Å². The third-order valence-electron chi connectivity index (χ3n) is 4.77. The van der Waals surface area contributed by atoms with E-state index in [0.29, 0.717) is 0 Å². The van der Waals surface area contributed by atoms with Crippen LogP contribution in [0.25, 0.3) is 0 Å². The van der Waals surface area contributed by atoms with Crippen molar-refractivity contribution in [1.82, 2.24) is 9.55 Å². The number of nitrogens with two attached hydrogens (primary N) is 1. The topological polar surface area (TPSA) is 110 Å². The number of amides is 1. The fraction of sp³-hybridized carbons (Fsp3) is 0.261. The third kappa shape index (κ3) is 5.65. The number of nitrogens with one attached hydrogen (secondary N) is 1. The van der Waals surface area contributed by atoms with Crippen LogP contribution in [0.1, 0.15) is 29.8 Å². The zero-order valence-electron chi connectivity index (χ0n) is 18.1. The van der Waals surface area contributed by atoms with Gasteiger partial charge >= 0.3 is 12.3 Å². The average molecular weight is 458 g/mol. The number of nitrogens with zero attached hydrogens (tertiary/aromatic N) is 2. The van der Waals surface area contributed by atoms with Crippen molar-refractivity contribution in [2.75, 3.05) is 17.2 Å². The third-order valence-corrected chi connectivity index (χ3v) is 4.77. The van der Waals surface area contributed by atoms with E-state index in [2.05, 4.69) is 9.72 Å². The number of carbonyl (C=O) groups excluding carboxylic acids is 1. The molecule has 3 N–H and O–H groups in total. The molecule has 0 saturated heterocycles. The molecule has 0 aliphatic rings. The van der Waals surface area contributed by atoms with Crippen LogP contribution in [0.2, 0.25) is 0 Å². The molecule has 0 aliphatic heterocycles. The van der Waals surface area contributed by atoms with Crippen LogP contribution in [0, 0.1) is 5.92 Å². The standard InChI is InChI=1S/C23H24F2N4O4/c1-14(2)12-28(21(31)16-9-6-10-17(11-16)33-22(24)25)18-19(26)29(23(32)27-20(18)30)13-15-7-4-3-5-8-15/h3-11,14,22H,12-13,26H2,1-2H3,(H,27,30,32). The van der Waals surface area contributed by atoms with Crippen LogP contribution in [-0.4, -0.2) is 28.6 Å². The first-order valence-electron chi connectivity index (χ1n) is 10.2. The van der Waals surface area contributed by atoms with Gasteiger partial charge in [-0.3, -0.25) is 19.1 Å². The van der Waals surface area contributed by atoms with Gasteiger partial charge in [-0.2, -0.15) is 8.78 Å². The molecule has 3 rings (SSSR count). The van der Waals surface area contributed by atoms with Gasteiger partial charge in [0.2, 0.25) is 0 Å². The minimum atomic E-state index is -3.05. The fourth-order valence-corrected chi connectivity index (χ4v) is 3.36. The molecule has 0 atom stereocenters. The predicted octanol–water partition coefficient (Wildman–Crippen LogP) is 3.07. The first-order chi connectivity index (χ1) is 15.7. The van der Waals surface area contributed by atoms with Gasteiger partial charge in [0.05, 0.1) is 6.54 Å². The Labute approximate surface area is 188 Å². The van der Waals surface area contributed by atoms with Gasteiger partial charge < -0.3 is 15.4 Å². The molecule has 2 aromatic carbocycles. The van der Waals surface area contributed by atoms with E-state index in [1.807, 2.05) is 19.9 Å². The van der Waals surface area contributed by atoms with Gasteiger partial charge in [0, 0.05) is 12.1 Å². The number of halogens is 2. The quantitative estimate of drug-likeness (QED) is 0.539. The van der Waals surface area contributed by atoms with Gasteiger partial charge in [-0.05, 0) is 29.7 Å². The summed E-state index contributed by atoms with van der Waals surface area (Å²) in [6.45, 7) is 0.788. The number of rotatable bonds is 8. The molecule has 0 spiro atoms. The smallest absolute Gasteiger partial charge is 0.387 e. The number of carbonyl (C=O) groups is 1. The lowest BCUT2D eigenvalue weighted by Crippen LogP contribution is -2.42. The van der Waals surface area contributed by atoms with Crippen molar-refractivity contribution in [3.63, 3.8) is 0 Å². The minimum absolute atomic E-state index is 0.0217. The second-order valence-corrected chi connectivity index (χ2v) is 7.78. The maximum Gasteiger partial charge on any atom is 0.387 e. The summed E-state index contributed by atoms with van der Waals surface area (Å²) in [5.41, 5.74) is 5.31. The van der Waals surface area contributed by atoms with E-state index in [-0.39, 0.29) is 41.8 Å². The normalized spacial score (nSPS) is 11.1. The van der Waals surface area contributed by atoms with Gasteiger partial charge in [-0.1, -0.05) is 50.2 Å². The number of aromatic nitrogens is 2. The number of benzene rings is 2. The van der Waals surface area contributed by atoms with Crippen molar-refractivity contribution in [3.8, 4) is 5.75 Å². The number of alkyl halides is 2. The highest BCUT2D eigenvalue weighted by Gasteiger charge is 2.26. The van der Waals surface area contributed by atoms with Crippen LogP contribution in [0.4, 0.5) is 20.3 Å². The maximum absolute atomic E-state index is 13.4. The lowest BCUT2D eigenvalue weighted by molar-refractivity contribution is -0.0498. The fourth-order valence-electron chi connectivity index (χ4n) is 3.36. The summed E-state index contributed by atoms with van der Waals surface area (Å²) < 4.78 is 30.8. The average Bonchev–Trinajstić information content (AvgIpc) is 2.75. The lowest BCUT2D eigenvalue weighted by Gasteiger charge is -2.26. The number of nitrogen functional groups attached to an aromatic ring is 1. The summed E-state index contributed by atoms with van der Waals surface area (Å²) in [6, 6.07) is 14.3. The van der Waals surface area contributed by atoms with E-state index in [1.54, 1.807) is 24.3 Å². The zero-order valence-corrected chi connectivity index (χ0v) is 18.1. The molecule has 0 radical (unpaired) electrons. The first-order valence-corrected chi connectivity index (χ1v) is 10.2. The van der Waals surface area contributed by atoms with Gasteiger partial charge in [0.25, 0.3) is 11.5 Å². The molecular formula is C23H24F2N4O4. The van der Waals surface area contributed by atoms with Crippen LogP contribution in [0.15, 0.2) is 64.2 Å². The number of anilines is 2. The molecule has 0 unspecified atom stereocenters. The van der Waals surface area contributed by atoms with Gasteiger partial charge in [0.1, 0.15) is 11.6 Å². The van der Waals surface area contributed by atoms with Crippen LogP contribution in [0.5, 0.6) is 5.75 Å². The molecule has 3 aromatic rings. The lowest BCUT2D eigenvalue weighted by atomic mass is 10.1. The Bertz CT molecular complexity index is 1240. The highest BCUT2D eigenvalue weighted by molar-refractivity contribution is 6.07. The summed E-state index contributed by atoms with van der Waals surface area (Å²) in [7, 11) is 0. The van der Waals surface area contributed by atoms with Gasteiger partial charge in [-0.15, -0.1) is 0 Å². The van der Waals surface area contributed by atoms with Crippen LogP contribution in [-0.2, 0) is 6.54 Å². The molecule has 8 nitrogen and oxygen atoms in total. The highest BCUT2D eigenvalue weighted by atomic mass is 19.3. The van der Waals surface area contributed by atoms with Crippen LogP contribution < -0.4 is 26.6 Å². The molecule has 1 amide bonds. The molecule has 0 saturated carbocycles. The second kappa shape index (κ2) is 10.1. The molecule has 174 valence electrons. The molecule has 10 heteroatoms. The number of ether oxygens (including phenoxy) is 1. The monoisotopic (exact) mass is 458 g/mol. The summed E-state index contributed by atoms with van der Waals surface area (Å²) in [5, 5.41) is 0. The number of hydrogen-bond acceptors (Lipinski definition) is 5. The minimum Gasteiger partial charge on any atom is -0.435 e. The SMILES string of the molecule is CC(C)CN(C(=O)c1cccc(OC(F)F)c1)c1c(N)n(Cc2ccccc2)c(=O)[nH]c1=O. The number of hydrogen-bond donors (Lipinski definition) is 2. The maximum atomic E-state index is 13.4. The Kier molecular flexibility index (Phi) is 7.27. The zero-order chi connectivity index (χ0) is 24.1. The predicted molar refractivity (Wildman–Crippen MR) is 121 cm³/mol. The Morgan fingerprint density at radius 3 is 2.45 bits per heavy atom. The van der Waals surface area contributed by atoms with Gasteiger partial charge in [0.15, 0.2) is 5.69 Å². The largest absolute Gasteiger partial charge is 0.435 e. The van der Waals surface area contributed by atoms with E-state index in [0.717, 1.165) is 16.5 Å². The van der Waals surface area contributed by atoms with E-state index < -0.39 is 23.8 Å². The molecule has 1 aromatic heterocycles. The van der Waals surface area contributed by atoms with E-state index in [1.165, 1.54) is 22.8 Å². The molecule has 33 heavy (non-hydrogen) atoms. The van der Waals surface area contributed by atoms with Crippen molar-refractivity contribution in [2.24, 2.45) is 5.92 Å². The summed E-state index contributed by atoms with van der Waals surface area (Å²) in [5.74, 6) is -1.11.